The molecule has 0 aliphatic heterocycles. The van der Waals surface area contributed by atoms with Crippen LogP contribution in [-0.4, -0.2) is 14.3 Å². The number of benzene rings is 1. The van der Waals surface area contributed by atoms with E-state index in [0.29, 0.717) is 11.3 Å². The summed E-state index contributed by atoms with van der Waals surface area (Å²) >= 11 is 0. The van der Waals surface area contributed by atoms with Gasteiger partial charge in [0.1, 0.15) is 0 Å². The van der Waals surface area contributed by atoms with E-state index in [0.717, 1.165) is 0 Å². The summed E-state index contributed by atoms with van der Waals surface area (Å²) in [5.74, 6) is -0.0902. The van der Waals surface area contributed by atoms with E-state index in [1.807, 2.05) is 0 Å². The second-order valence-electron chi connectivity index (χ2n) is 6.78. The number of carbonyl (C=O) groups is 1. The predicted molar refractivity (Wildman–Crippen MR) is 83.9 cm³/mol. The van der Waals surface area contributed by atoms with Crippen LogP contribution in [0.15, 0.2) is 23.1 Å². The molecule has 1 aromatic carbocycles. The third-order valence-electron chi connectivity index (χ3n) is 4.99. The Morgan fingerprint density at radius 1 is 1.19 bits per heavy atom. The Morgan fingerprint density at radius 3 is 2.10 bits per heavy atom. The minimum Gasteiger partial charge on any atom is -0.326 e. The van der Waals surface area contributed by atoms with Gasteiger partial charge in [0.25, 0.3) is 9.05 Å². The lowest BCUT2D eigenvalue weighted by Gasteiger charge is -2.09. The lowest BCUT2D eigenvalue weighted by Crippen LogP contribution is -2.17. The molecule has 0 aromatic heterocycles. The van der Waals surface area contributed by atoms with Crippen LogP contribution in [0.2, 0.25) is 0 Å². The summed E-state index contributed by atoms with van der Waals surface area (Å²) in [5.41, 5.74) is 1.02. The van der Waals surface area contributed by atoms with Crippen LogP contribution in [0.1, 0.15) is 33.3 Å². The minimum atomic E-state index is -3.76. The highest BCUT2D eigenvalue weighted by molar-refractivity contribution is 8.13. The number of halogens is 1. The quantitative estimate of drug-likeness (QED) is 0.863. The molecule has 0 spiro atoms. The first-order valence-electron chi connectivity index (χ1n) is 6.75. The lowest BCUT2D eigenvalue weighted by molar-refractivity contribution is -0.118. The maximum absolute atomic E-state index is 12.3. The molecule has 1 amide bonds. The number of nitrogens with one attached hydrogen (secondary N) is 1. The Kier molecular flexibility index (Phi) is 3.66. The highest BCUT2D eigenvalue weighted by Crippen LogP contribution is 2.68. The van der Waals surface area contributed by atoms with Gasteiger partial charge in [-0.2, -0.15) is 0 Å². The normalized spacial score (nSPS) is 20.1. The molecule has 0 unspecified atom stereocenters. The van der Waals surface area contributed by atoms with Crippen molar-refractivity contribution < 1.29 is 13.2 Å². The number of hydrogen-bond donors (Lipinski definition) is 1. The molecular weight excluding hydrogens is 310 g/mol. The van der Waals surface area contributed by atoms with Gasteiger partial charge in [0, 0.05) is 22.3 Å². The maximum Gasteiger partial charge on any atom is 0.261 e. The summed E-state index contributed by atoms with van der Waals surface area (Å²) in [6.45, 7) is 9.95. The fraction of sp³-hybridized carbons (Fsp3) is 0.533. The molecular formula is C15H20ClNO3S. The maximum atomic E-state index is 12.3. The molecule has 116 valence electrons. The zero-order valence-corrected chi connectivity index (χ0v) is 14.4. The molecule has 0 heterocycles. The summed E-state index contributed by atoms with van der Waals surface area (Å²) in [7, 11) is 1.58. The zero-order chi connectivity index (χ0) is 16.2. The SMILES string of the molecule is Cc1cc(NC(=O)C2C(C)(C)C2(C)C)ccc1S(=O)(=O)Cl. The van der Waals surface area contributed by atoms with Crippen molar-refractivity contribution in [2.75, 3.05) is 5.32 Å². The third kappa shape index (κ3) is 2.69. The Hall–Kier alpha value is -1.07. The van der Waals surface area contributed by atoms with Gasteiger partial charge in [0.2, 0.25) is 5.91 Å². The molecule has 1 fully saturated rings. The van der Waals surface area contributed by atoms with Crippen LogP contribution < -0.4 is 5.32 Å². The van der Waals surface area contributed by atoms with Gasteiger partial charge < -0.3 is 5.32 Å². The van der Waals surface area contributed by atoms with E-state index in [2.05, 4.69) is 33.0 Å². The molecule has 21 heavy (non-hydrogen) atoms. The standard InChI is InChI=1S/C15H20ClNO3S/c1-9-8-10(6-7-11(9)21(16,19)20)17-13(18)12-14(2,3)15(12,4)5/h6-8,12H,1-5H3,(H,17,18). The van der Waals surface area contributed by atoms with E-state index in [1.54, 1.807) is 19.1 Å². The number of carbonyl (C=O) groups excluding carboxylic acids is 1. The smallest absolute Gasteiger partial charge is 0.261 e. The summed E-state index contributed by atoms with van der Waals surface area (Å²) in [6, 6.07) is 4.59. The van der Waals surface area contributed by atoms with Gasteiger partial charge in [0.15, 0.2) is 0 Å². The van der Waals surface area contributed by atoms with Gasteiger partial charge in [-0.25, -0.2) is 8.42 Å². The monoisotopic (exact) mass is 329 g/mol. The Morgan fingerprint density at radius 2 is 1.71 bits per heavy atom. The molecule has 6 heteroatoms. The number of amides is 1. The van der Waals surface area contributed by atoms with Crippen LogP contribution in [0.3, 0.4) is 0 Å². The highest BCUT2D eigenvalue weighted by Gasteiger charge is 2.68. The van der Waals surface area contributed by atoms with Crippen molar-refractivity contribution in [1.29, 1.82) is 0 Å². The molecule has 0 radical (unpaired) electrons. The average molecular weight is 330 g/mol. The largest absolute Gasteiger partial charge is 0.326 e. The molecule has 1 saturated carbocycles. The Bertz CT molecular complexity index is 694. The summed E-state index contributed by atoms with van der Waals surface area (Å²) in [6.07, 6.45) is 0. The second kappa shape index (κ2) is 4.71. The molecule has 1 aliphatic rings. The topological polar surface area (TPSA) is 63.2 Å². The van der Waals surface area contributed by atoms with E-state index < -0.39 is 9.05 Å². The van der Waals surface area contributed by atoms with Crippen LogP contribution in [-0.2, 0) is 13.8 Å². The van der Waals surface area contributed by atoms with Crippen LogP contribution in [0.4, 0.5) is 5.69 Å². The van der Waals surface area contributed by atoms with E-state index >= 15 is 0 Å². The van der Waals surface area contributed by atoms with Gasteiger partial charge in [-0.3, -0.25) is 4.79 Å². The molecule has 0 saturated heterocycles. The first-order valence-corrected chi connectivity index (χ1v) is 9.06. The summed E-state index contributed by atoms with van der Waals surface area (Å²) in [5, 5.41) is 2.86. The van der Waals surface area contributed by atoms with Crippen molar-refractivity contribution in [2.24, 2.45) is 16.7 Å². The van der Waals surface area contributed by atoms with Gasteiger partial charge in [-0.15, -0.1) is 0 Å². The van der Waals surface area contributed by atoms with Gasteiger partial charge in [0.05, 0.1) is 4.90 Å². The molecule has 0 atom stereocenters. The minimum absolute atomic E-state index is 0.0362. The van der Waals surface area contributed by atoms with E-state index in [-0.39, 0.29) is 27.6 Å². The average Bonchev–Trinajstić information content (AvgIpc) is 2.66. The predicted octanol–water partition coefficient (Wildman–Crippen LogP) is 3.54. The van der Waals surface area contributed by atoms with Crippen molar-refractivity contribution in [2.45, 2.75) is 39.5 Å². The van der Waals surface area contributed by atoms with Gasteiger partial charge >= 0.3 is 0 Å². The molecule has 0 bridgehead atoms. The summed E-state index contributed by atoms with van der Waals surface area (Å²) < 4.78 is 22.7. The first kappa shape index (κ1) is 16.3. The third-order valence-corrected chi connectivity index (χ3v) is 6.47. The van der Waals surface area contributed by atoms with Crippen LogP contribution >= 0.6 is 10.7 Å². The van der Waals surface area contributed by atoms with E-state index in [9.17, 15) is 13.2 Å². The van der Waals surface area contributed by atoms with Crippen molar-refractivity contribution >= 4 is 31.3 Å². The van der Waals surface area contributed by atoms with Crippen LogP contribution in [0.5, 0.6) is 0 Å². The Balaban J connectivity index is 2.19. The van der Waals surface area contributed by atoms with Crippen molar-refractivity contribution in [3.8, 4) is 0 Å². The molecule has 2 rings (SSSR count). The second-order valence-corrected chi connectivity index (χ2v) is 9.32. The fourth-order valence-electron chi connectivity index (χ4n) is 3.07. The highest BCUT2D eigenvalue weighted by atomic mass is 35.7. The van der Waals surface area contributed by atoms with Crippen molar-refractivity contribution in [1.82, 2.24) is 0 Å². The molecule has 1 N–H and O–H groups in total. The Labute approximate surface area is 130 Å². The van der Waals surface area contributed by atoms with Crippen LogP contribution in [0, 0.1) is 23.7 Å². The van der Waals surface area contributed by atoms with E-state index in [4.69, 9.17) is 10.7 Å². The molecule has 1 aromatic rings. The molecule has 4 nitrogen and oxygen atoms in total. The number of hydrogen-bond acceptors (Lipinski definition) is 3. The van der Waals surface area contributed by atoms with E-state index in [1.165, 1.54) is 6.07 Å². The van der Waals surface area contributed by atoms with Crippen molar-refractivity contribution in [3.05, 3.63) is 23.8 Å². The lowest BCUT2D eigenvalue weighted by atomic mass is 10.0. The van der Waals surface area contributed by atoms with Gasteiger partial charge in [-0.1, -0.05) is 27.7 Å². The van der Waals surface area contributed by atoms with Crippen molar-refractivity contribution in [3.63, 3.8) is 0 Å². The van der Waals surface area contributed by atoms with Crippen LogP contribution in [0.25, 0.3) is 0 Å². The number of rotatable bonds is 3. The summed E-state index contributed by atoms with van der Waals surface area (Å²) in [4.78, 5) is 12.4. The number of anilines is 1. The molecule has 1 aliphatic carbocycles. The number of aryl methyl sites for hydroxylation is 1. The van der Waals surface area contributed by atoms with Gasteiger partial charge in [-0.05, 0) is 41.5 Å². The fourth-order valence-corrected chi connectivity index (χ4v) is 4.26. The zero-order valence-electron chi connectivity index (χ0n) is 12.8. The first-order chi connectivity index (χ1) is 9.39.